The van der Waals surface area contributed by atoms with E-state index in [-0.39, 0.29) is 18.0 Å². The number of rotatable bonds is 5. The molecule has 4 atom stereocenters. The Kier molecular flexibility index (Phi) is 4.03. The van der Waals surface area contributed by atoms with E-state index in [4.69, 9.17) is 4.98 Å². The van der Waals surface area contributed by atoms with Gasteiger partial charge >= 0.3 is 0 Å². The summed E-state index contributed by atoms with van der Waals surface area (Å²) in [5, 5.41) is 8.74. The number of hydrogen-bond acceptors (Lipinski definition) is 3. The topological polar surface area (TPSA) is 59.8 Å². The first-order chi connectivity index (χ1) is 13.0. The van der Waals surface area contributed by atoms with Crippen LogP contribution in [0, 0.1) is 17.8 Å². The lowest BCUT2D eigenvalue weighted by Crippen LogP contribution is -2.40. The molecule has 3 saturated carbocycles. The molecule has 2 bridgehead atoms. The van der Waals surface area contributed by atoms with E-state index in [1.165, 1.54) is 38.5 Å². The quantitative estimate of drug-likeness (QED) is 0.851. The van der Waals surface area contributed by atoms with Crippen LogP contribution < -0.4 is 5.32 Å². The molecule has 0 spiro atoms. The molecule has 2 aromatic heterocycles. The third-order valence-corrected chi connectivity index (χ3v) is 7.11. The number of amides is 1. The van der Waals surface area contributed by atoms with Crippen molar-refractivity contribution in [2.24, 2.45) is 17.8 Å². The standard InChI is InChI=1S/C22H30N4O/c1-12(2)26-21-19(11-23-26)18(10-20(25-21)15-6-7-15)22(27)24-13(3)17-9-14-4-5-16(17)8-14/h10-17H,4-9H2,1-3H3,(H,24,27). The highest BCUT2D eigenvalue weighted by atomic mass is 16.1. The second-order valence-corrected chi connectivity index (χ2v) is 9.39. The van der Waals surface area contributed by atoms with Crippen LogP contribution in [0.5, 0.6) is 0 Å². The fourth-order valence-electron chi connectivity index (χ4n) is 5.49. The van der Waals surface area contributed by atoms with Gasteiger partial charge in [-0.1, -0.05) is 6.42 Å². The monoisotopic (exact) mass is 366 g/mol. The summed E-state index contributed by atoms with van der Waals surface area (Å²) in [6.07, 6.45) is 9.58. The maximum atomic E-state index is 13.2. The lowest BCUT2D eigenvalue weighted by molar-refractivity contribution is 0.0917. The number of hydrogen-bond donors (Lipinski definition) is 1. The molecule has 4 unspecified atom stereocenters. The van der Waals surface area contributed by atoms with Crippen LogP contribution in [0.25, 0.3) is 11.0 Å². The fraction of sp³-hybridized carbons (Fsp3) is 0.682. The molecule has 0 saturated heterocycles. The Bertz CT molecular complexity index is 882. The summed E-state index contributed by atoms with van der Waals surface area (Å²) in [7, 11) is 0. The first-order valence-corrected chi connectivity index (χ1v) is 10.7. The minimum absolute atomic E-state index is 0.0443. The van der Waals surface area contributed by atoms with E-state index >= 15 is 0 Å². The van der Waals surface area contributed by atoms with Gasteiger partial charge in [0, 0.05) is 23.7 Å². The van der Waals surface area contributed by atoms with E-state index in [1.807, 2.05) is 16.9 Å². The van der Waals surface area contributed by atoms with Crippen molar-refractivity contribution in [3.8, 4) is 0 Å². The molecule has 144 valence electrons. The summed E-state index contributed by atoms with van der Waals surface area (Å²) in [6.45, 7) is 6.41. The zero-order valence-electron chi connectivity index (χ0n) is 16.6. The van der Waals surface area contributed by atoms with Crippen LogP contribution in [0.2, 0.25) is 0 Å². The first kappa shape index (κ1) is 17.2. The second-order valence-electron chi connectivity index (χ2n) is 9.39. The van der Waals surface area contributed by atoms with Gasteiger partial charge in [-0.2, -0.15) is 5.10 Å². The molecule has 1 N–H and O–H groups in total. The van der Waals surface area contributed by atoms with Crippen molar-refractivity contribution in [3.63, 3.8) is 0 Å². The van der Waals surface area contributed by atoms with Crippen molar-refractivity contribution in [1.29, 1.82) is 0 Å². The normalized spacial score (nSPS) is 28.2. The molecular weight excluding hydrogens is 336 g/mol. The van der Waals surface area contributed by atoms with Gasteiger partial charge in [0.2, 0.25) is 0 Å². The number of carbonyl (C=O) groups excluding carboxylic acids is 1. The summed E-state index contributed by atoms with van der Waals surface area (Å²) in [4.78, 5) is 18.1. The van der Waals surface area contributed by atoms with Crippen LogP contribution in [0.4, 0.5) is 0 Å². The highest BCUT2D eigenvalue weighted by Crippen LogP contribution is 2.49. The van der Waals surface area contributed by atoms with Gasteiger partial charge in [-0.15, -0.1) is 0 Å². The Morgan fingerprint density at radius 1 is 1.19 bits per heavy atom. The lowest BCUT2D eigenvalue weighted by Gasteiger charge is -2.28. The summed E-state index contributed by atoms with van der Waals surface area (Å²) < 4.78 is 1.94. The molecule has 3 aliphatic carbocycles. The Balaban J connectivity index is 1.45. The zero-order chi connectivity index (χ0) is 18.7. The number of nitrogens with zero attached hydrogens (tertiary/aromatic N) is 3. The van der Waals surface area contributed by atoms with Gasteiger partial charge in [-0.05, 0) is 76.7 Å². The van der Waals surface area contributed by atoms with Gasteiger partial charge in [0.15, 0.2) is 5.65 Å². The molecule has 27 heavy (non-hydrogen) atoms. The maximum Gasteiger partial charge on any atom is 0.252 e. The van der Waals surface area contributed by atoms with Crippen molar-refractivity contribution in [3.05, 3.63) is 23.5 Å². The summed E-state index contributed by atoms with van der Waals surface area (Å²) in [5.74, 6) is 2.92. The van der Waals surface area contributed by atoms with Crippen LogP contribution >= 0.6 is 0 Å². The highest BCUT2D eigenvalue weighted by molar-refractivity contribution is 6.05. The smallest absolute Gasteiger partial charge is 0.252 e. The number of aromatic nitrogens is 3. The fourth-order valence-corrected chi connectivity index (χ4v) is 5.49. The predicted molar refractivity (Wildman–Crippen MR) is 106 cm³/mol. The van der Waals surface area contributed by atoms with Gasteiger partial charge in [0.05, 0.1) is 17.1 Å². The summed E-state index contributed by atoms with van der Waals surface area (Å²) >= 11 is 0. The number of fused-ring (bicyclic) bond motifs is 3. The van der Waals surface area contributed by atoms with Gasteiger partial charge in [-0.3, -0.25) is 4.79 Å². The van der Waals surface area contributed by atoms with E-state index in [2.05, 4.69) is 31.2 Å². The van der Waals surface area contributed by atoms with Gasteiger partial charge in [0.1, 0.15) is 0 Å². The average molecular weight is 367 g/mol. The van der Waals surface area contributed by atoms with Gasteiger partial charge in [0.25, 0.3) is 5.91 Å². The van der Waals surface area contributed by atoms with Gasteiger partial charge < -0.3 is 5.32 Å². The Morgan fingerprint density at radius 2 is 2.00 bits per heavy atom. The number of pyridine rings is 1. The largest absolute Gasteiger partial charge is 0.349 e. The highest BCUT2D eigenvalue weighted by Gasteiger charge is 2.42. The molecule has 5 rings (SSSR count). The summed E-state index contributed by atoms with van der Waals surface area (Å²) in [6, 6.07) is 2.49. The predicted octanol–water partition coefficient (Wildman–Crippen LogP) is 4.44. The van der Waals surface area contributed by atoms with Crippen LogP contribution in [-0.4, -0.2) is 26.7 Å². The Hall–Kier alpha value is -1.91. The van der Waals surface area contributed by atoms with Crippen molar-refractivity contribution in [2.75, 3.05) is 0 Å². The zero-order valence-corrected chi connectivity index (χ0v) is 16.6. The third kappa shape index (κ3) is 2.95. The molecule has 2 aromatic rings. The second kappa shape index (κ2) is 6.32. The Morgan fingerprint density at radius 3 is 2.63 bits per heavy atom. The SMILES string of the molecule is CC(NC(=O)c1cc(C2CC2)nc2c1cnn2C(C)C)C1CC2CCC1C2. The maximum absolute atomic E-state index is 13.2. The molecular formula is C22H30N4O. The van der Waals surface area contributed by atoms with Crippen LogP contribution in [0.1, 0.15) is 87.3 Å². The molecule has 2 heterocycles. The van der Waals surface area contributed by atoms with E-state index in [0.29, 0.717) is 11.8 Å². The van der Waals surface area contributed by atoms with Crippen molar-refractivity contribution in [2.45, 2.75) is 77.3 Å². The van der Waals surface area contributed by atoms with Crippen LogP contribution in [0.15, 0.2) is 12.3 Å². The van der Waals surface area contributed by atoms with E-state index in [9.17, 15) is 4.79 Å². The van der Waals surface area contributed by atoms with Crippen LogP contribution in [-0.2, 0) is 0 Å². The van der Waals surface area contributed by atoms with Crippen molar-refractivity contribution < 1.29 is 4.79 Å². The van der Waals surface area contributed by atoms with Crippen LogP contribution in [0.3, 0.4) is 0 Å². The van der Waals surface area contributed by atoms with E-state index in [0.717, 1.165) is 34.1 Å². The minimum atomic E-state index is 0.0443. The molecule has 0 aliphatic heterocycles. The molecule has 0 aromatic carbocycles. The third-order valence-electron chi connectivity index (χ3n) is 7.11. The number of carbonyl (C=O) groups is 1. The molecule has 0 radical (unpaired) electrons. The van der Waals surface area contributed by atoms with E-state index in [1.54, 1.807) is 0 Å². The molecule has 3 fully saturated rings. The Labute approximate surface area is 160 Å². The molecule has 5 nitrogen and oxygen atoms in total. The van der Waals surface area contributed by atoms with Crippen molar-refractivity contribution in [1.82, 2.24) is 20.1 Å². The van der Waals surface area contributed by atoms with Crippen molar-refractivity contribution >= 4 is 16.9 Å². The molecule has 1 amide bonds. The minimum Gasteiger partial charge on any atom is -0.349 e. The molecule has 3 aliphatic rings. The summed E-state index contributed by atoms with van der Waals surface area (Å²) in [5.41, 5.74) is 2.67. The number of nitrogens with one attached hydrogen (secondary N) is 1. The van der Waals surface area contributed by atoms with E-state index < -0.39 is 0 Å². The average Bonchev–Trinajstić information content (AvgIpc) is 3.08. The van der Waals surface area contributed by atoms with Gasteiger partial charge in [-0.25, -0.2) is 9.67 Å². The molecule has 5 heteroatoms. The lowest BCUT2D eigenvalue weighted by atomic mass is 9.84. The first-order valence-electron chi connectivity index (χ1n) is 10.7.